The molecule has 3 heterocycles. The van der Waals surface area contributed by atoms with E-state index in [9.17, 15) is 8.42 Å². The van der Waals surface area contributed by atoms with Crippen molar-refractivity contribution in [2.75, 3.05) is 19.3 Å². The smallest absolute Gasteiger partial charge is 0.211 e. The molecule has 1 aliphatic heterocycles. The number of aromatic nitrogens is 3. The third-order valence-electron chi connectivity index (χ3n) is 4.06. The van der Waals surface area contributed by atoms with Crippen LogP contribution in [0.5, 0.6) is 0 Å². The average Bonchev–Trinajstić information content (AvgIpc) is 2.94. The van der Waals surface area contributed by atoms with Crippen LogP contribution in [0.25, 0.3) is 10.6 Å². The SMILES string of the molecule is Cc1ncc(-c2nccnc2C[C@H]2CCCN(S(C)(=O)=O)C2)s1. The van der Waals surface area contributed by atoms with Crippen LogP contribution in [0.4, 0.5) is 0 Å². The van der Waals surface area contributed by atoms with Crippen LogP contribution in [0.15, 0.2) is 18.6 Å². The highest BCUT2D eigenvalue weighted by Crippen LogP contribution is 2.29. The van der Waals surface area contributed by atoms with E-state index in [0.29, 0.717) is 13.1 Å². The van der Waals surface area contributed by atoms with Gasteiger partial charge in [-0.05, 0) is 32.1 Å². The van der Waals surface area contributed by atoms with Crippen LogP contribution in [-0.4, -0.2) is 47.0 Å². The predicted molar refractivity (Wildman–Crippen MR) is 90.7 cm³/mol. The molecule has 0 saturated carbocycles. The first kappa shape index (κ1) is 16.5. The van der Waals surface area contributed by atoms with Crippen LogP contribution in [0, 0.1) is 12.8 Å². The summed E-state index contributed by atoms with van der Waals surface area (Å²) in [6.45, 7) is 3.16. The lowest BCUT2D eigenvalue weighted by Crippen LogP contribution is -2.39. The summed E-state index contributed by atoms with van der Waals surface area (Å²) in [6.07, 6.45) is 9.16. The van der Waals surface area contributed by atoms with Crippen LogP contribution in [0.3, 0.4) is 0 Å². The fraction of sp³-hybridized carbons (Fsp3) is 0.533. The van der Waals surface area contributed by atoms with E-state index in [4.69, 9.17) is 0 Å². The van der Waals surface area contributed by atoms with Gasteiger partial charge >= 0.3 is 0 Å². The summed E-state index contributed by atoms with van der Waals surface area (Å²) in [4.78, 5) is 14.3. The van der Waals surface area contributed by atoms with Gasteiger partial charge in [-0.15, -0.1) is 11.3 Å². The lowest BCUT2D eigenvalue weighted by molar-refractivity contribution is 0.265. The molecule has 124 valence electrons. The third-order valence-corrected chi connectivity index (χ3v) is 6.25. The zero-order valence-corrected chi connectivity index (χ0v) is 14.9. The van der Waals surface area contributed by atoms with Gasteiger partial charge in [0.2, 0.25) is 10.0 Å². The Labute approximate surface area is 140 Å². The Bertz CT molecular complexity index is 788. The lowest BCUT2D eigenvalue weighted by Gasteiger charge is -2.30. The zero-order chi connectivity index (χ0) is 16.4. The summed E-state index contributed by atoms with van der Waals surface area (Å²) >= 11 is 1.60. The van der Waals surface area contributed by atoms with Crippen LogP contribution in [0.2, 0.25) is 0 Å². The summed E-state index contributed by atoms with van der Waals surface area (Å²) in [7, 11) is -3.12. The Morgan fingerprint density at radius 3 is 2.78 bits per heavy atom. The number of sulfonamides is 1. The Hall–Kier alpha value is -1.38. The fourth-order valence-corrected chi connectivity index (χ4v) is 4.70. The largest absolute Gasteiger partial charge is 0.257 e. The Morgan fingerprint density at radius 1 is 1.30 bits per heavy atom. The van der Waals surface area contributed by atoms with Crippen molar-refractivity contribution >= 4 is 21.4 Å². The second-order valence-corrected chi connectivity index (χ2v) is 9.15. The molecule has 1 fully saturated rings. The Kier molecular flexibility index (Phi) is 4.74. The van der Waals surface area contributed by atoms with Gasteiger partial charge in [0, 0.05) is 31.7 Å². The molecule has 1 atom stereocenters. The van der Waals surface area contributed by atoms with Crippen molar-refractivity contribution in [1.82, 2.24) is 19.3 Å². The summed E-state index contributed by atoms with van der Waals surface area (Å²) in [5, 5.41) is 0.998. The van der Waals surface area contributed by atoms with Gasteiger partial charge in [-0.1, -0.05) is 0 Å². The van der Waals surface area contributed by atoms with Gasteiger partial charge in [-0.25, -0.2) is 17.7 Å². The minimum Gasteiger partial charge on any atom is -0.257 e. The molecule has 2 aromatic rings. The second kappa shape index (κ2) is 6.62. The third kappa shape index (κ3) is 3.94. The van der Waals surface area contributed by atoms with Crippen LogP contribution >= 0.6 is 11.3 Å². The molecule has 0 amide bonds. The van der Waals surface area contributed by atoms with Gasteiger partial charge in [0.1, 0.15) is 5.69 Å². The monoisotopic (exact) mass is 352 g/mol. The van der Waals surface area contributed by atoms with E-state index < -0.39 is 10.0 Å². The van der Waals surface area contributed by atoms with E-state index in [2.05, 4.69) is 15.0 Å². The van der Waals surface area contributed by atoms with Crippen molar-refractivity contribution in [3.63, 3.8) is 0 Å². The van der Waals surface area contributed by atoms with E-state index in [1.54, 1.807) is 28.0 Å². The van der Waals surface area contributed by atoms with E-state index in [1.165, 1.54) is 6.26 Å². The molecule has 23 heavy (non-hydrogen) atoms. The van der Waals surface area contributed by atoms with Crippen LogP contribution < -0.4 is 0 Å². The molecule has 0 aliphatic carbocycles. The van der Waals surface area contributed by atoms with Crippen LogP contribution in [-0.2, 0) is 16.4 Å². The number of piperidine rings is 1. The summed E-state index contributed by atoms with van der Waals surface area (Å²) in [6, 6.07) is 0. The quantitative estimate of drug-likeness (QED) is 0.842. The molecule has 0 N–H and O–H groups in total. The number of hydrogen-bond acceptors (Lipinski definition) is 6. The molecule has 2 aromatic heterocycles. The molecular formula is C15H20N4O2S2. The summed E-state index contributed by atoms with van der Waals surface area (Å²) < 4.78 is 25.1. The molecule has 0 unspecified atom stereocenters. The first-order valence-electron chi connectivity index (χ1n) is 7.61. The van der Waals surface area contributed by atoms with Crippen molar-refractivity contribution in [3.05, 3.63) is 29.3 Å². The molecule has 8 heteroatoms. The van der Waals surface area contributed by atoms with E-state index in [-0.39, 0.29) is 5.92 Å². The molecule has 0 bridgehead atoms. The van der Waals surface area contributed by atoms with Crippen molar-refractivity contribution < 1.29 is 8.42 Å². The molecule has 0 spiro atoms. The van der Waals surface area contributed by atoms with Crippen molar-refractivity contribution in [3.8, 4) is 10.6 Å². The van der Waals surface area contributed by atoms with Gasteiger partial charge in [-0.2, -0.15) is 0 Å². The Balaban J connectivity index is 1.81. The average molecular weight is 352 g/mol. The molecule has 1 saturated heterocycles. The fourth-order valence-electron chi connectivity index (χ4n) is 2.96. The van der Waals surface area contributed by atoms with Crippen molar-refractivity contribution in [1.29, 1.82) is 0 Å². The highest BCUT2D eigenvalue weighted by Gasteiger charge is 2.27. The highest BCUT2D eigenvalue weighted by atomic mass is 32.2. The minimum absolute atomic E-state index is 0.281. The van der Waals surface area contributed by atoms with Gasteiger partial charge in [0.05, 0.1) is 21.8 Å². The van der Waals surface area contributed by atoms with Gasteiger partial charge in [0.25, 0.3) is 0 Å². The summed E-state index contributed by atoms with van der Waals surface area (Å²) in [5.41, 5.74) is 1.80. The molecule has 0 radical (unpaired) electrons. The Morgan fingerprint density at radius 2 is 2.09 bits per heavy atom. The van der Waals surface area contributed by atoms with Crippen LogP contribution in [0.1, 0.15) is 23.5 Å². The minimum atomic E-state index is -3.12. The van der Waals surface area contributed by atoms with Crippen molar-refractivity contribution in [2.24, 2.45) is 5.92 Å². The normalized spacial score (nSPS) is 19.8. The molecule has 0 aromatic carbocycles. The second-order valence-electron chi connectivity index (χ2n) is 5.93. The highest BCUT2D eigenvalue weighted by molar-refractivity contribution is 7.88. The first-order chi connectivity index (χ1) is 10.9. The molecular weight excluding hydrogens is 332 g/mol. The predicted octanol–water partition coefficient (Wildman–Crippen LogP) is 2.12. The molecule has 1 aliphatic rings. The number of rotatable bonds is 4. The number of nitrogens with zero attached hydrogens (tertiary/aromatic N) is 4. The maximum absolute atomic E-state index is 11.8. The number of hydrogen-bond donors (Lipinski definition) is 0. The summed E-state index contributed by atoms with van der Waals surface area (Å²) in [5.74, 6) is 0.281. The standard InChI is InChI=1S/C15H20N4O2S2/c1-11-18-9-14(22-11)15-13(16-5-6-17-15)8-12-4-3-7-19(10-12)23(2,20)21/h5-6,9,12H,3-4,7-8,10H2,1-2H3/t12-/m1/s1. The molecule has 6 nitrogen and oxygen atoms in total. The first-order valence-corrected chi connectivity index (χ1v) is 10.3. The van der Waals surface area contributed by atoms with Gasteiger partial charge in [0.15, 0.2) is 0 Å². The van der Waals surface area contributed by atoms with Gasteiger partial charge in [-0.3, -0.25) is 9.97 Å². The number of aryl methyl sites for hydroxylation is 1. The van der Waals surface area contributed by atoms with E-state index in [1.807, 2.05) is 13.1 Å². The van der Waals surface area contributed by atoms with Crippen molar-refractivity contribution in [2.45, 2.75) is 26.2 Å². The maximum atomic E-state index is 11.8. The number of thiazole rings is 1. The van der Waals surface area contributed by atoms with Gasteiger partial charge < -0.3 is 0 Å². The van der Waals surface area contributed by atoms with E-state index in [0.717, 1.165) is 40.5 Å². The molecule has 3 rings (SSSR count). The zero-order valence-electron chi connectivity index (χ0n) is 13.3. The maximum Gasteiger partial charge on any atom is 0.211 e. The topological polar surface area (TPSA) is 76.1 Å². The lowest BCUT2D eigenvalue weighted by atomic mass is 9.93. The van der Waals surface area contributed by atoms with E-state index >= 15 is 0 Å².